The van der Waals surface area contributed by atoms with Crippen LogP contribution in [-0.4, -0.2) is 44.0 Å². The smallest absolute Gasteiger partial charge is 0.174 e. The van der Waals surface area contributed by atoms with E-state index < -0.39 is 0 Å². The van der Waals surface area contributed by atoms with Crippen molar-refractivity contribution >= 4 is 0 Å². The van der Waals surface area contributed by atoms with Crippen LogP contribution in [0.15, 0.2) is 0 Å². The molecular weight excluding hydrogens is 322 g/mol. The van der Waals surface area contributed by atoms with Crippen molar-refractivity contribution < 1.29 is 9.47 Å². The summed E-state index contributed by atoms with van der Waals surface area (Å²) in [4.78, 5) is 2.49. The summed E-state index contributed by atoms with van der Waals surface area (Å²) in [6.07, 6.45) is 12.4. The van der Waals surface area contributed by atoms with Crippen LogP contribution in [0.3, 0.4) is 0 Å². The molecule has 2 unspecified atom stereocenters. The zero-order valence-corrected chi connectivity index (χ0v) is 17.4. The van der Waals surface area contributed by atoms with E-state index in [-0.39, 0.29) is 11.2 Å². The molecule has 4 aliphatic carbocycles. The van der Waals surface area contributed by atoms with Crippen molar-refractivity contribution in [1.82, 2.24) is 4.90 Å². The van der Waals surface area contributed by atoms with Gasteiger partial charge in [0.1, 0.15) is 0 Å². The summed E-state index contributed by atoms with van der Waals surface area (Å²) in [5.41, 5.74) is 0.846. The molecule has 0 aromatic carbocycles. The van der Waals surface area contributed by atoms with Gasteiger partial charge in [0.15, 0.2) is 5.79 Å². The molecule has 5 aliphatic rings. The maximum absolute atomic E-state index is 6.30. The Morgan fingerprint density at radius 2 is 1.54 bits per heavy atom. The Hall–Kier alpha value is -0.120. The average Bonchev–Trinajstić information content (AvgIpc) is 3.20. The number of ether oxygens (including phenoxy) is 2. The van der Waals surface area contributed by atoms with Gasteiger partial charge in [-0.25, -0.2) is 0 Å². The SMILES string of the molecule is CN(C)[C@H]1CC[C@@]2(C)C(CC[C@@H]3C2CC[C@@]2(C)[C@H]3CCC23OCCO3)C1. The van der Waals surface area contributed by atoms with Crippen molar-refractivity contribution in [3.63, 3.8) is 0 Å². The van der Waals surface area contributed by atoms with Crippen LogP contribution in [0.4, 0.5) is 0 Å². The molecule has 4 saturated carbocycles. The van der Waals surface area contributed by atoms with Crippen LogP contribution in [0, 0.1) is 34.5 Å². The fourth-order valence-corrected chi connectivity index (χ4v) is 8.59. The van der Waals surface area contributed by atoms with Gasteiger partial charge in [0.05, 0.1) is 13.2 Å². The van der Waals surface area contributed by atoms with E-state index in [0.717, 1.165) is 49.3 Å². The molecule has 148 valence electrons. The van der Waals surface area contributed by atoms with Gasteiger partial charge < -0.3 is 14.4 Å². The fourth-order valence-electron chi connectivity index (χ4n) is 8.59. The highest BCUT2D eigenvalue weighted by atomic mass is 16.7. The van der Waals surface area contributed by atoms with E-state index in [1.54, 1.807) is 0 Å². The Morgan fingerprint density at radius 1 is 0.808 bits per heavy atom. The normalized spacial score (nSPS) is 52.7. The molecule has 5 fully saturated rings. The zero-order chi connectivity index (χ0) is 18.2. The van der Waals surface area contributed by atoms with Gasteiger partial charge in [-0.1, -0.05) is 13.8 Å². The summed E-state index contributed by atoms with van der Waals surface area (Å²) in [6.45, 7) is 6.81. The van der Waals surface area contributed by atoms with Gasteiger partial charge in [-0.2, -0.15) is 0 Å². The highest BCUT2D eigenvalue weighted by Gasteiger charge is 2.67. The van der Waals surface area contributed by atoms with E-state index in [1.807, 2.05) is 0 Å². The second-order valence-corrected chi connectivity index (χ2v) is 11.0. The van der Waals surface area contributed by atoms with Crippen LogP contribution >= 0.6 is 0 Å². The van der Waals surface area contributed by atoms with E-state index in [0.29, 0.717) is 5.41 Å². The first-order valence-corrected chi connectivity index (χ1v) is 11.3. The molecule has 0 bridgehead atoms. The molecule has 7 atom stereocenters. The minimum absolute atomic E-state index is 0.233. The molecule has 1 aliphatic heterocycles. The molecule has 0 radical (unpaired) electrons. The van der Waals surface area contributed by atoms with Crippen LogP contribution in [0.1, 0.15) is 71.6 Å². The van der Waals surface area contributed by atoms with Gasteiger partial charge >= 0.3 is 0 Å². The number of fused-ring (bicyclic) bond motifs is 6. The van der Waals surface area contributed by atoms with Gasteiger partial charge in [-0.05, 0) is 94.5 Å². The summed E-state index contributed by atoms with van der Waals surface area (Å²) in [7, 11) is 4.56. The van der Waals surface area contributed by atoms with E-state index in [9.17, 15) is 0 Å². The van der Waals surface area contributed by atoms with Crippen molar-refractivity contribution in [1.29, 1.82) is 0 Å². The van der Waals surface area contributed by atoms with Crippen LogP contribution in [0.25, 0.3) is 0 Å². The Labute approximate surface area is 160 Å². The Kier molecular flexibility index (Phi) is 4.10. The van der Waals surface area contributed by atoms with E-state index >= 15 is 0 Å². The highest BCUT2D eigenvalue weighted by molar-refractivity contribution is 5.13. The van der Waals surface area contributed by atoms with Crippen LogP contribution in [-0.2, 0) is 9.47 Å². The summed E-state index contributed by atoms with van der Waals surface area (Å²) in [5.74, 6) is 3.40. The average molecular weight is 362 g/mol. The standard InChI is InChI=1S/C23H39NO2/c1-21-10-7-17(24(3)4)15-16(21)5-6-18-19(21)8-11-22(2)20(18)9-12-23(22)25-13-14-26-23/h16-20H,5-15H2,1-4H3/t16?,17-,18+,19?,20-,21-,22-/m0/s1. The zero-order valence-electron chi connectivity index (χ0n) is 17.4. The lowest BCUT2D eigenvalue weighted by Crippen LogP contribution is -2.57. The Bertz CT molecular complexity index is 556. The molecule has 3 nitrogen and oxygen atoms in total. The minimum atomic E-state index is -0.233. The summed E-state index contributed by atoms with van der Waals surface area (Å²) < 4.78 is 12.6. The lowest BCUT2D eigenvalue weighted by Gasteiger charge is -2.62. The maximum atomic E-state index is 6.30. The van der Waals surface area contributed by atoms with Gasteiger partial charge in [0.25, 0.3) is 0 Å². The van der Waals surface area contributed by atoms with Gasteiger partial charge in [-0.15, -0.1) is 0 Å². The third kappa shape index (κ3) is 2.23. The second-order valence-electron chi connectivity index (χ2n) is 11.0. The lowest BCUT2D eigenvalue weighted by atomic mass is 9.44. The summed E-state index contributed by atoms with van der Waals surface area (Å²) in [6, 6.07) is 0.813. The molecule has 0 aromatic heterocycles. The van der Waals surface area contributed by atoms with Crippen molar-refractivity contribution in [3.8, 4) is 0 Å². The highest BCUT2D eigenvalue weighted by Crippen LogP contribution is 2.69. The first kappa shape index (κ1) is 17.9. The van der Waals surface area contributed by atoms with E-state index in [4.69, 9.17) is 9.47 Å². The Balaban J connectivity index is 1.40. The maximum Gasteiger partial charge on any atom is 0.174 e. The second kappa shape index (κ2) is 5.94. The van der Waals surface area contributed by atoms with Crippen molar-refractivity contribution in [2.24, 2.45) is 34.5 Å². The molecule has 0 amide bonds. The van der Waals surface area contributed by atoms with Crippen molar-refractivity contribution in [2.75, 3.05) is 27.3 Å². The summed E-state index contributed by atoms with van der Waals surface area (Å²) >= 11 is 0. The third-order valence-corrected chi connectivity index (χ3v) is 10.2. The predicted octanol–water partition coefficient (Wildman–Crippen LogP) is 4.70. The quantitative estimate of drug-likeness (QED) is 0.675. The van der Waals surface area contributed by atoms with Crippen LogP contribution in [0.5, 0.6) is 0 Å². The van der Waals surface area contributed by atoms with E-state index in [1.165, 1.54) is 51.4 Å². The predicted molar refractivity (Wildman–Crippen MR) is 104 cm³/mol. The minimum Gasteiger partial charge on any atom is -0.347 e. The first-order chi connectivity index (χ1) is 12.4. The van der Waals surface area contributed by atoms with Crippen LogP contribution < -0.4 is 0 Å². The first-order valence-electron chi connectivity index (χ1n) is 11.3. The molecule has 1 saturated heterocycles. The topological polar surface area (TPSA) is 21.7 Å². The Morgan fingerprint density at radius 3 is 2.27 bits per heavy atom. The van der Waals surface area contributed by atoms with Gasteiger partial charge in [0, 0.05) is 17.9 Å². The largest absolute Gasteiger partial charge is 0.347 e. The molecule has 0 N–H and O–H groups in total. The monoisotopic (exact) mass is 361 g/mol. The van der Waals surface area contributed by atoms with Crippen LogP contribution in [0.2, 0.25) is 0 Å². The van der Waals surface area contributed by atoms with E-state index in [2.05, 4.69) is 32.8 Å². The number of rotatable bonds is 1. The number of hydrogen-bond donors (Lipinski definition) is 0. The molecule has 26 heavy (non-hydrogen) atoms. The third-order valence-electron chi connectivity index (χ3n) is 10.2. The molecule has 3 heteroatoms. The lowest BCUT2D eigenvalue weighted by molar-refractivity contribution is -0.247. The molecule has 5 rings (SSSR count). The number of hydrogen-bond acceptors (Lipinski definition) is 3. The number of nitrogens with zero attached hydrogens (tertiary/aromatic N) is 1. The molecule has 1 heterocycles. The molecule has 0 aromatic rings. The molecule has 1 spiro atoms. The van der Waals surface area contributed by atoms with Gasteiger partial charge in [0.2, 0.25) is 0 Å². The summed E-state index contributed by atoms with van der Waals surface area (Å²) in [5, 5.41) is 0. The van der Waals surface area contributed by atoms with Crippen molar-refractivity contribution in [2.45, 2.75) is 83.5 Å². The molecular formula is C23H39NO2. The van der Waals surface area contributed by atoms with Crippen molar-refractivity contribution in [3.05, 3.63) is 0 Å². The van der Waals surface area contributed by atoms with Gasteiger partial charge in [-0.3, -0.25) is 0 Å². The fraction of sp³-hybridized carbons (Fsp3) is 1.00.